The van der Waals surface area contributed by atoms with E-state index in [1.54, 1.807) is 7.11 Å². The van der Waals surface area contributed by atoms with Gasteiger partial charge in [0.2, 0.25) is 0 Å². The van der Waals surface area contributed by atoms with Gasteiger partial charge in [0.05, 0.1) is 6.61 Å². The molecule has 3 rings (SSSR count). The molecule has 168 valence electrons. The van der Waals surface area contributed by atoms with Crippen LogP contribution in [0.25, 0.3) is 0 Å². The second-order valence-electron chi connectivity index (χ2n) is 7.48. The molecular weight excluding hydrogens is 414 g/mol. The van der Waals surface area contributed by atoms with E-state index in [-0.39, 0.29) is 5.78 Å². The van der Waals surface area contributed by atoms with Gasteiger partial charge in [0.15, 0.2) is 5.78 Å². The van der Waals surface area contributed by atoms with Gasteiger partial charge in [0, 0.05) is 36.6 Å². The number of methoxy groups -OCH3 is 1. The average molecular weight is 442 g/mol. The van der Waals surface area contributed by atoms with Crippen molar-refractivity contribution in [1.82, 2.24) is 0 Å². The number of carbonyl (C=O) groups excluding carboxylic acids is 1. The lowest BCUT2D eigenvalue weighted by Crippen LogP contribution is -2.22. The second-order valence-corrected chi connectivity index (χ2v) is 7.48. The molecule has 0 unspecified atom stereocenters. The Labute approximate surface area is 194 Å². The molecule has 0 aromatic heterocycles. The summed E-state index contributed by atoms with van der Waals surface area (Å²) in [7, 11) is 1.55. The van der Waals surface area contributed by atoms with Crippen molar-refractivity contribution in [1.29, 1.82) is 0 Å². The fourth-order valence-corrected chi connectivity index (χ4v) is 3.30. The average Bonchev–Trinajstić information content (AvgIpc) is 2.85. The molecule has 33 heavy (non-hydrogen) atoms. The van der Waals surface area contributed by atoms with Crippen LogP contribution in [0.1, 0.15) is 35.6 Å². The highest BCUT2D eigenvalue weighted by Crippen LogP contribution is 2.16. The van der Waals surface area contributed by atoms with Crippen molar-refractivity contribution in [2.24, 2.45) is 5.16 Å². The van der Waals surface area contributed by atoms with E-state index in [1.165, 1.54) is 6.92 Å². The number of ketones is 1. The Morgan fingerprint density at radius 3 is 2.24 bits per heavy atom. The molecule has 0 radical (unpaired) electrons. The standard InChI is InChI=1S/C28H27NO4/c1-21(30)27(32-2)20-23-13-11-22(12-14-23)8-6-7-19-33-26-17-15-25(16-18-26)28(29-31)24-9-4-3-5-10-24/h3-5,9-18,27,31H,7,19-20H2,1-2H3/t27-/m0/s1. The fourth-order valence-electron chi connectivity index (χ4n) is 3.30. The fraction of sp³-hybridized carbons (Fsp3) is 0.214. The summed E-state index contributed by atoms with van der Waals surface area (Å²) >= 11 is 0. The normalized spacial score (nSPS) is 11.9. The molecule has 0 aliphatic heterocycles. The van der Waals surface area contributed by atoms with Gasteiger partial charge in [-0.1, -0.05) is 59.5 Å². The molecule has 5 nitrogen and oxygen atoms in total. The Morgan fingerprint density at radius 1 is 0.970 bits per heavy atom. The number of nitrogens with zero attached hydrogens (tertiary/aromatic N) is 1. The van der Waals surface area contributed by atoms with Gasteiger partial charge in [0.1, 0.15) is 17.6 Å². The van der Waals surface area contributed by atoms with E-state index in [4.69, 9.17) is 9.47 Å². The number of oxime groups is 1. The first-order valence-corrected chi connectivity index (χ1v) is 10.7. The van der Waals surface area contributed by atoms with E-state index in [1.807, 2.05) is 78.9 Å². The van der Waals surface area contributed by atoms with Crippen molar-refractivity contribution >= 4 is 11.5 Å². The lowest BCUT2D eigenvalue weighted by atomic mass is 10.0. The lowest BCUT2D eigenvalue weighted by molar-refractivity contribution is -0.126. The van der Waals surface area contributed by atoms with Crippen molar-refractivity contribution in [2.75, 3.05) is 13.7 Å². The van der Waals surface area contributed by atoms with Crippen LogP contribution >= 0.6 is 0 Å². The number of Topliss-reactive ketones (excluding diaryl/α,β-unsaturated/α-hetero) is 1. The van der Waals surface area contributed by atoms with Gasteiger partial charge in [-0.2, -0.15) is 0 Å². The summed E-state index contributed by atoms with van der Waals surface area (Å²) in [4.78, 5) is 11.5. The highest BCUT2D eigenvalue weighted by Gasteiger charge is 2.13. The van der Waals surface area contributed by atoms with Gasteiger partial charge in [0.25, 0.3) is 0 Å². The summed E-state index contributed by atoms with van der Waals surface area (Å²) in [6, 6.07) is 24.8. The predicted octanol–water partition coefficient (Wildman–Crippen LogP) is 4.88. The molecule has 0 bridgehead atoms. The summed E-state index contributed by atoms with van der Waals surface area (Å²) in [6.07, 6.45) is 0.741. The molecule has 0 aliphatic rings. The zero-order valence-electron chi connectivity index (χ0n) is 18.8. The molecular formula is C28H27NO4. The maximum absolute atomic E-state index is 11.5. The number of hydrogen-bond donors (Lipinski definition) is 1. The first kappa shape index (κ1) is 23.8. The van der Waals surface area contributed by atoms with E-state index >= 15 is 0 Å². The molecule has 0 saturated heterocycles. The Kier molecular flexibility index (Phi) is 8.81. The Balaban J connectivity index is 1.48. The molecule has 5 heteroatoms. The van der Waals surface area contributed by atoms with Crippen LogP contribution in [0.15, 0.2) is 84.0 Å². The molecule has 1 atom stereocenters. The van der Waals surface area contributed by atoms with Crippen molar-refractivity contribution in [3.63, 3.8) is 0 Å². The van der Waals surface area contributed by atoms with Crippen molar-refractivity contribution in [3.8, 4) is 17.6 Å². The van der Waals surface area contributed by atoms with Gasteiger partial charge in [-0.25, -0.2) is 0 Å². The van der Waals surface area contributed by atoms with Crippen LogP contribution in [-0.4, -0.2) is 36.5 Å². The Bertz CT molecular complexity index is 1120. The van der Waals surface area contributed by atoms with E-state index < -0.39 is 6.10 Å². The highest BCUT2D eigenvalue weighted by atomic mass is 16.5. The SMILES string of the molecule is CO[C@@H](Cc1ccc(C#CCCOc2ccc(C(=NO)c3ccccc3)cc2)cc1)C(C)=O. The van der Waals surface area contributed by atoms with Crippen molar-refractivity contribution in [3.05, 3.63) is 101 Å². The molecule has 0 fully saturated rings. The van der Waals surface area contributed by atoms with E-state index in [9.17, 15) is 10.0 Å². The van der Waals surface area contributed by atoms with E-state index in [0.29, 0.717) is 25.2 Å². The zero-order chi connectivity index (χ0) is 23.5. The number of ether oxygens (including phenoxy) is 2. The Hall–Kier alpha value is -3.88. The molecule has 3 aromatic rings. The maximum Gasteiger partial charge on any atom is 0.158 e. The third-order valence-electron chi connectivity index (χ3n) is 5.12. The molecule has 0 saturated carbocycles. The van der Waals surface area contributed by atoms with Gasteiger partial charge in [-0.05, 0) is 48.9 Å². The van der Waals surface area contributed by atoms with Crippen LogP contribution < -0.4 is 4.74 Å². The smallest absolute Gasteiger partial charge is 0.158 e. The van der Waals surface area contributed by atoms with Crippen molar-refractivity contribution in [2.45, 2.75) is 25.9 Å². The van der Waals surface area contributed by atoms with Crippen LogP contribution in [0.4, 0.5) is 0 Å². The second kappa shape index (κ2) is 12.2. The number of benzene rings is 3. The Morgan fingerprint density at radius 2 is 1.64 bits per heavy atom. The van der Waals surface area contributed by atoms with Gasteiger partial charge < -0.3 is 14.7 Å². The number of carbonyl (C=O) groups is 1. The molecule has 0 aliphatic carbocycles. The van der Waals surface area contributed by atoms with Gasteiger partial charge >= 0.3 is 0 Å². The number of rotatable bonds is 9. The van der Waals surface area contributed by atoms with Crippen LogP contribution in [0.5, 0.6) is 5.75 Å². The minimum Gasteiger partial charge on any atom is -0.493 e. The minimum atomic E-state index is -0.408. The van der Waals surface area contributed by atoms with Crippen LogP contribution in [0.3, 0.4) is 0 Å². The summed E-state index contributed by atoms with van der Waals surface area (Å²) in [5, 5.41) is 12.8. The molecule has 0 heterocycles. The van der Waals surface area contributed by atoms with Crippen LogP contribution in [0, 0.1) is 11.8 Å². The first-order valence-electron chi connectivity index (χ1n) is 10.7. The summed E-state index contributed by atoms with van der Waals surface area (Å²) < 4.78 is 11.0. The summed E-state index contributed by atoms with van der Waals surface area (Å²) in [6.45, 7) is 2.01. The largest absolute Gasteiger partial charge is 0.493 e. The predicted molar refractivity (Wildman–Crippen MR) is 129 cm³/mol. The maximum atomic E-state index is 11.5. The third kappa shape index (κ3) is 7.06. The topological polar surface area (TPSA) is 68.1 Å². The quantitative estimate of drug-likeness (QED) is 0.169. The molecule has 1 N–H and O–H groups in total. The minimum absolute atomic E-state index is 0.0224. The molecule has 3 aromatic carbocycles. The van der Waals surface area contributed by atoms with Crippen molar-refractivity contribution < 1.29 is 19.5 Å². The third-order valence-corrected chi connectivity index (χ3v) is 5.12. The van der Waals surface area contributed by atoms with Crippen LogP contribution in [0.2, 0.25) is 0 Å². The first-order chi connectivity index (χ1) is 16.1. The molecule has 0 amide bonds. The van der Waals surface area contributed by atoms with E-state index in [2.05, 4.69) is 17.0 Å². The monoisotopic (exact) mass is 441 g/mol. The summed E-state index contributed by atoms with van der Waals surface area (Å²) in [5.74, 6) is 6.99. The van der Waals surface area contributed by atoms with Gasteiger partial charge in [-0.15, -0.1) is 0 Å². The van der Waals surface area contributed by atoms with E-state index in [0.717, 1.165) is 28.0 Å². The summed E-state index contributed by atoms with van der Waals surface area (Å²) in [5.41, 5.74) is 4.11. The number of hydrogen-bond acceptors (Lipinski definition) is 5. The highest BCUT2D eigenvalue weighted by molar-refractivity contribution is 6.12. The molecule has 0 spiro atoms. The lowest BCUT2D eigenvalue weighted by Gasteiger charge is -2.11. The zero-order valence-corrected chi connectivity index (χ0v) is 18.8. The van der Waals surface area contributed by atoms with Gasteiger partial charge in [-0.3, -0.25) is 4.79 Å². The van der Waals surface area contributed by atoms with Crippen LogP contribution in [-0.2, 0) is 16.0 Å².